The second-order valence-electron chi connectivity index (χ2n) is 8.31. The Morgan fingerprint density at radius 2 is 1.63 bits per heavy atom. The molecular weight excluding hydrogens is 486 g/mol. The van der Waals surface area contributed by atoms with Crippen LogP contribution in [0.3, 0.4) is 0 Å². The number of amides is 1. The van der Waals surface area contributed by atoms with Crippen LogP contribution in [0.4, 0.5) is 5.69 Å². The molecule has 35 heavy (non-hydrogen) atoms. The molecule has 0 aromatic heterocycles. The number of sulfonamides is 1. The number of ether oxygens (including phenoxy) is 1. The van der Waals surface area contributed by atoms with Gasteiger partial charge in [-0.1, -0.05) is 48.0 Å². The molecule has 1 heterocycles. The monoisotopic (exact) mass is 513 g/mol. The van der Waals surface area contributed by atoms with Gasteiger partial charge in [0.05, 0.1) is 17.7 Å². The van der Waals surface area contributed by atoms with Gasteiger partial charge in [0.25, 0.3) is 10.0 Å². The third-order valence-electron chi connectivity index (χ3n) is 6.00. The Kier molecular flexibility index (Phi) is 7.95. The predicted molar refractivity (Wildman–Crippen MR) is 137 cm³/mol. The lowest BCUT2D eigenvalue weighted by Gasteiger charge is -2.36. The van der Waals surface area contributed by atoms with Gasteiger partial charge in [0, 0.05) is 37.7 Å². The fourth-order valence-electron chi connectivity index (χ4n) is 4.04. The third-order valence-corrected chi connectivity index (χ3v) is 8.02. The average Bonchev–Trinajstić information content (AvgIpc) is 2.88. The highest BCUT2D eigenvalue weighted by molar-refractivity contribution is 7.92. The largest absolute Gasteiger partial charge is 0.497 e. The lowest BCUT2D eigenvalue weighted by molar-refractivity contribution is -0.131. The standard InChI is InChI=1S/C26H28ClN3O4S/c1-34-24-10-12-25(13-11-24)35(32,33)30(23-9-5-8-22(27)18-23)20-26(31)29-16-14-28(15-17-29)19-21-6-3-2-4-7-21/h2-13,18H,14-17,19-20H2,1H3. The van der Waals surface area contributed by atoms with Gasteiger partial charge in [-0.2, -0.15) is 0 Å². The Balaban J connectivity index is 1.50. The maximum absolute atomic E-state index is 13.6. The number of methoxy groups -OCH3 is 1. The molecule has 1 fully saturated rings. The minimum Gasteiger partial charge on any atom is -0.497 e. The number of piperazine rings is 1. The Bertz CT molecular complexity index is 1250. The zero-order chi connectivity index (χ0) is 24.8. The Hall–Kier alpha value is -3.07. The number of benzene rings is 3. The fourth-order valence-corrected chi connectivity index (χ4v) is 5.63. The number of anilines is 1. The van der Waals surface area contributed by atoms with Gasteiger partial charge in [-0.15, -0.1) is 0 Å². The van der Waals surface area contributed by atoms with Crippen molar-refractivity contribution in [3.8, 4) is 5.75 Å². The molecule has 0 radical (unpaired) electrons. The molecule has 7 nitrogen and oxygen atoms in total. The van der Waals surface area contributed by atoms with E-state index in [-0.39, 0.29) is 17.3 Å². The number of halogens is 1. The van der Waals surface area contributed by atoms with Crippen LogP contribution in [-0.2, 0) is 21.4 Å². The zero-order valence-electron chi connectivity index (χ0n) is 19.5. The lowest BCUT2D eigenvalue weighted by atomic mass is 10.2. The van der Waals surface area contributed by atoms with Crippen LogP contribution >= 0.6 is 11.6 Å². The Morgan fingerprint density at radius 3 is 2.26 bits per heavy atom. The first-order valence-electron chi connectivity index (χ1n) is 11.3. The molecule has 1 aliphatic heterocycles. The van der Waals surface area contributed by atoms with Gasteiger partial charge < -0.3 is 9.64 Å². The maximum Gasteiger partial charge on any atom is 0.264 e. The summed E-state index contributed by atoms with van der Waals surface area (Å²) in [6.45, 7) is 3.04. The first kappa shape index (κ1) is 25.0. The van der Waals surface area contributed by atoms with E-state index in [0.717, 1.165) is 23.9 Å². The van der Waals surface area contributed by atoms with E-state index in [2.05, 4.69) is 17.0 Å². The molecule has 3 aromatic carbocycles. The zero-order valence-corrected chi connectivity index (χ0v) is 21.1. The molecule has 0 unspecified atom stereocenters. The van der Waals surface area contributed by atoms with Crippen LogP contribution in [0.15, 0.2) is 83.8 Å². The van der Waals surface area contributed by atoms with Gasteiger partial charge in [-0.25, -0.2) is 8.42 Å². The van der Waals surface area contributed by atoms with Gasteiger partial charge in [0.2, 0.25) is 5.91 Å². The highest BCUT2D eigenvalue weighted by Crippen LogP contribution is 2.27. The number of carbonyl (C=O) groups is 1. The fraction of sp³-hybridized carbons (Fsp3) is 0.269. The first-order chi connectivity index (χ1) is 16.9. The van der Waals surface area contributed by atoms with Crippen LogP contribution in [0, 0.1) is 0 Å². The summed E-state index contributed by atoms with van der Waals surface area (Å²) in [6.07, 6.45) is 0. The molecule has 0 saturated carbocycles. The normalized spacial score (nSPS) is 14.5. The molecule has 4 rings (SSSR count). The average molecular weight is 514 g/mol. The molecule has 0 atom stereocenters. The van der Waals surface area contributed by atoms with Gasteiger partial charge in [0.1, 0.15) is 12.3 Å². The predicted octanol–water partition coefficient (Wildman–Crippen LogP) is 3.89. The van der Waals surface area contributed by atoms with Gasteiger partial charge in [0.15, 0.2) is 0 Å². The molecule has 0 aliphatic carbocycles. The van der Waals surface area contributed by atoms with E-state index in [0.29, 0.717) is 29.5 Å². The molecule has 3 aromatic rings. The number of nitrogens with zero attached hydrogens (tertiary/aromatic N) is 3. The van der Waals surface area contributed by atoms with Crippen molar-refractivity contribution < 1.29 is 17.9 Å². The number of hydrogen-bond donors (Lipinski definition) is 0. The highest BCUT2D eigenvalue weighted by Gasteiger charge is 2.30. The first-order valence-corrected chi connectivity index (χ1v) is 13.1. The summed E-state index contributed by atoms with van der Waals surface area (Å²) in [6, 6.07) is 22.8. The highest BCUT2D eigenvalue weighted by atomic mass is 35.5. The number of carbonyl (C=O) groups excluding carboxylic acids is 1. The van der Waals surface area contributed by atoms with Crippen molar-refractivity contribution in [3.63, 3.8) is 0 Å². The van der Waals surface area contributed by atoms with Crippen molar-refractivity contribution in [1.29, 1.82) is 0 Å². The maximum atomic E-state index is 13.6. The smallest absolute Gasteiger partial charge is 0.264 e. The molecule has 0 N–H and O–H groups in total. The van der Waals surface area contributed by atoms with E-state index in [1.807, 2.05) is 18.2 Å². The minimum atomic E-state index is -4.02. The van der Waals surface area contributed by atoms with E-state index in [1.165, 1.54) is 24.8 Å². The molecule has 0 bridgehead atoms. The van der Waals surface area contributed by atoms with Gasteiger partial charge in [-0.3, -0.25) is 14.0 Å². The second-order valence-corrected chi connectivity index (χ2v) is 10.6. The number of hydrogen-bond acceptors (Lipinski definition) is 5. The molecule has 0 spiro atoms. The van der Waals surface area contributed by atoms with Crippen molar-refractivity contribution in [2.45, 2.75) is 11.4 Å². The Morgan fingerprint density at radius 1 is 0.943 bits per heavy atom. The Labute approximate surface area is 211 Å². The summed E-state index contributed by atoms with van der Waals surface area (Å²) in [4.78, 5) is 17.3. The number of rotatable bonds is 8. The van der Waals surface area contributed by atoms with Crippen LogP contribution in [0.2, 0.25) is 5.02 Å². The second kappa shape index (κ2) is 11.1. The van der Waals surface area contributed by atoms with Crippen LogP contribution in [0.1, 0.15) is 5.56 Å². The summed E-state index contributed by atoms with van der Waals surface area (Å²) < 4.78 is 33.4. The summed E-state index contributed by atoms with van der Waals surface area (Å²) in [5, 5.41) is 0.388. The molecule has 9 heteroatoms. The molecule has 1 aliphatic rings. The topological polar surface area (TPSA) is 70.2 Å². The van der Waals surface area contributed by atoms with Crippen LogP contribution in [0.25, 0.3) is 0 Å². The molecule has 184 valence electrons. The van der Waals surface area contributed by atoms with E-state index >= 15 is 0 Å². The summed E-state index contributed by atoms with van der Waals surface area (Å²) >= 11 is 6.15. The van der Waals surface area contributed by atoms with Crippen molar-refractivity contribution in [1.82, 2.24) is 9.80 Å². The van der Waals surface area contributed by atoms with Gasteiger partial charge >= 0.3 is 0 Å². The van der Waals surface area contributed by atoms with Crippen molar-refractivity contribution >= 4 is 33.2 Å². The molecule has 1 amide bonds. The third kappa shape index (κ3) is 6.14. The van der Waals surface area contributed by atoms with E-state index in [1.54, 1.807) is 41.3 Å². The van der Waals surface area contributed by atoms with Crippen molar-refractivity contribution in [2.75, 3.05) is 44.1 Å². The quantitative estimate of drug-likeness (QED) is 0.457. The summed E-state index contributed by atoms with van der Waals surface area (Å²) in [5.74, 6) is 0.295. The van der Waals surface area contributed by atoms with Crippen LogP contribution < -0.4 is 9.04 Å². The van der Waals surface area contributed by atoms with Crippen molar-refractivity contribution in [2.24, 2.45) is 0 Å². The van der Waals surface area contributed by atoms with E-state index in [9.17, 15) is 13.2 Å². The summed E-state index contributed by atoms with van der Waals surface area (Å²) in [7, 11) is -2.51. The minimum absolute atomic E-state index is 0.0683. The SMILES string of the molecule is COc1ccc(S(=O)(=O)N(CC(=O)N2CCN(Cc3ccccc3)CC2)c2cccc(Cl)c2)cc1. The van der Waals surface area contributed by atoms with Crippen molar-refractivity contribution in [3.05, 3.63) is 89.4 Å². The summed E-state index contributed by atoms with van der Waals surface area (Å²) in [5.41, 5.74) is 1.56. The van der Waals surface area contributed by atoms with Crippen LogP contribution in [0.5, 0.6) is 5.75 Å². The lowest BCUT2D eigenvalue weighted by Crippen LogP contribution is -2.51. The molecular formula is C26H28ClN3O4S. The van der Waals surface area contributed by atoms with E-state index < -0.39 is 10.0 Å². The van der Waals surface area contributed by atoms with E-state index in [4.69, 9.17) is 16.3 Å². The van der Waals surface area contributed by atoms with Crippen LogP contribution in [-0.4, -0.2) is 64.0 Å². The van der Waals surface area contributed by atoms with Gasteiger partial charge in [-0.05, 0) is 48.0 Å². The molecule has 1 saturated heterocycles.